The maximum absolute atomic E-state index is 13.7. The summed E-state index contributed by atoms with van der Waals surface area (Å²) in [5.41, 5.74) is 0.347. The van der Waals surface area contributed by atoms with E-state index in [0.717, 1.165) is 18.9 Å². The van der Waals surface area contributed by atoms with E-state index in [4.69, 9.17) is 11.6 Å². The maximum Gasteiger partial charge on any atom is 0.260 e. The van der Waals surface area contributed by atoms with Crippen molar-refractivity contribution >= 4 is 29.0 Å². The number of carbonyl (C=O) groups excluding carboxylic acids is 1. The molecule has 2 heterocycles. The van der Waals surface area contributed by atoms with E-state index < -0.39 is 11.7 Å². The number of hydrogen-bond donors (Lipinski definition) is 1. The van der Waals surface area contributed by atoms with Crippen molar-refractivity contribution < 1.29 is 9.18 Å². The van der Waals surface area contributed by atoms with Crippen LogP contribution in [0.3, 0.4) is 0 Å². The van der Waals surface area contributed by atoms with Crippen molar-refractivity contribution in [2.75, 3.05) is 23.3 Å². The lowest BCUT2D eigenvalue weighted by Gasteiger charge is -2.16. The molecule has 114 valence electrons. The monoisotopic (exact) mass is 319 g/mol. The van der Waals surface area contributed by atoms with Crippen molar-refractivity contribution in [3.8, 4) is 0 Å². The fraction of sp³-hybridized carbons (Fsp3) is 0.250. The highest BCUT2D eigenvalue weighted by atomic mass is 35.5. The molecule has 1 aliphatic heterocycles. The van der Waals surface area contributed by atoms with E-state index >= 15 is 0 Å². The Morgan fingerprint density at radius 2 is 2.00 bits per heavy atom. The van der Waals surface area contributed by atoms with Gasteiger partial charge in [-0.05, 0) is 37.1 Å². The minimum Gasteiger partial charge on any atom is -0.357 e. The van der Waals surface area contributed by atoms with Crippen molar-refractivity contribution in [2.45, 2.75) is 12.8 Å². The molecule has 1 saturated heterocycles. The van der Waals surface area contributed by atoms with E-state index in [-0.39, 0.29) is 10.6 Å². The number of benzene rings is 1. The molecule has 1 N–H and O–H groups in total. The first kappa shape index (κ1) is 14.8. The Morgan fingerprint density at radius 1 is 1.23 bits per heavy atom. The van der Waals surface area contributed by atoms with E-state index in [1.54, 1.807) is 12.3 Å². The number of hydrogen-bond acceptors (Lipinski definition) is 3. The van der Waals surface area contributed by atoms with Gasteiger partial charge in [-0.2, -0.15) is 0 Å². The molecule has 1 aromatic carbocycles. The summed E-state index contributed by atoms with van der Waals surface area (Å²) in [6, 6.07) is 7.75. The van der Waals surface area contributed by atoms with Crippen LogP contribution >= 0.6 is 11.6 Å². The number of anilines is 2. The predicted molar refractivity (Wildman–Crippen MR) is 85.0 cm³/mol. The molecule has 0 saturated carbocycles. The topological polar surface area (TPSA) is 45.2 Å². The quantitative estimate of drug-likeness (QED) is 0.937. The van der Waals surface area contributed by atoms with Gasteiger partial charge in [0.1, 0.15) is 11.6 Å². The highest BCUT2D eigenvalue weighted by Crippen LogP contribution is 2.22. The Balaban J connectivity index is 1.74. The molecule has 0 spiro atoms. The Bertz CT molecular complexity index is 664. The molecule has 1 fully saturated rings. The normalized spacial score (nSPS) is 14.2. The van der Waals surface area contributed by atoms with Gasteiger partial charge >= 0.3 is 0 Å². The van der Waals surface area contributed by atoms with Crippen LogP contribution in [0.15, 0.2) is 36.5 Å². The molecule has 0 aliphatic carbocycles. The number of nitrogens with one attached hydrogen (secondary N) is 1. The van der Waals surface area contributed by atoms with Crippen LogP contribution in [0.5, 0.6) is 0 Å². The third-order valence-corrected chi connectivity index (χ3v) is 3.94. The predicted octanol–water partition coefficient (Wildman–Crippen LogP) is 3.73. The zero-order chi connectivity index (χ0) is 15.5. The minimum absolute atomic E-state index is 0.0825. The Hall–Kier alpha value is -2.14. The van der Waals surface area contributed by atoms with Gasteiger partial charge in [-0.3, -0.25) is 4.79 Å². The van der Waals surface area contributed by atoms with E-state index in [1.165, 1.54) is 31.0 Å². The number of rotatable bonds is 3. The molecule has 3 rings (SSSR count). The molecular weight excluding hydrogens is 305 g/mol. The summed E-state index contributed by atoms with van der Waals surface area (Å²) in [7, 11) is 0. The third-order valence-electron chi connectivity index (χ3n) is 3.63. The van der Waals surface area contributed by atoms with Gasteiger partial charge in [0.15, 0.2) is 0 Å². The average Bonchev–Trinajstić information content (AvgIpc) is 3.02. The average molecular weight is 320 g/mol. The molecule has 0 bridgehead atoms. The summed E-state index contributed by atoms with van der Waals surface area (Å²) in [6.07, 6.45) is 3.91. The van der Waals surface area contributed by atoms with Crippen LogP contribution in [0.25, 0.3) is 0 Å². The lowest BCUT2D eigenvalue weighted by Crippen LogP contribution is -2.19. The molecule has 1 amide bonds. The largest absolute Gasteiger partial charge is 0.357 e. The molecule has 4 nitrogen and oxygen atoms in total. The standard InChI is InChI=1S/C16H15ClFN3O/c17-12-4-3-5-13(18)15(12)16(22)20-11-6-7-14(19-10-11)21-8-1-2-9-21/h3-7,10H,1-2,8-9H2,(H,20,22). The zero-order valence-electron chi connectivity index (χ0n) is 11.9. The van der Waals surface area contributed by atoms with Crippen LogP contribution in [0, 0.1) is 5.82 Å². The van der Waals surface area contributed by atoms with Gasteiger partial charge in [-0.15, -0.1) is 0 Å². The van der Waals surface area contributed by atoms with Crippen LogP contribution in [0.4, 0.5) is 15.9 Å². The Morgan fingerprint density at radius 3 is 2.64 bits per heavy atom. The summed E-state index contributed by atoms with van der Waals surface area (Å²) in [4.78, 5) is 18.7. The fourth-order valence-electron chi connectivity index (χ4n) is 2.50. The third kappa shape index (κ3) is 3.04. The smallest absolute Gasteiger partial charge is 0.260 e. The second kappa shape index (κ2) is 6.32. The van der Waals surface area contributed by atoms with E-state index in [1.807, 2.05) is 6.07 Å². The second-order valence-corrected chi connectivity index (χ2v) is 5.56. The van der Waals surface area contributed by atoms with Gasteiger partial charge in [-0.25, -0.2) is 9.37 Å². The minimum atomic E-state index is -0.647. The van der Waals surface area contributed by atoms with Crippen molar-refractivity contribution in [2.24, 2.45) is 0 Å². The van der Waals surface area contributed by atoms with Crippen LogP contribution in [-0.4, -0.2) is 24.0 Å². The van der Waals surface area contributed by atoms with Gasteiger partial charge in [0.05, 0.1) is 22.5 Å². The first-order chi connectivity index (χ1) is 10.6. The first-order valence-corrected chi connectivity index (χ1v) is 7.49. The van der Waals surface area contributed by atoms with Gasteiger partial charge < -0.3 is 10.2 Å². The number of nitrogens with zero attached hydrogens (tertiary/aromatic N) is 2. The molecule has 1 aromatic heterocycles. The number of amides is 1. The van der Waals surface area contributed by atoms with Crippen molar-refractivity contribution in [1.29, 1.82) is 0 Å². The van der Waals surface area contributed by atoms with Crippen LogP contribution < -0.4 is 10.2 Å². The second-order valence-electron chi connectivity index (χ2n) is 5.15. The summed E-state index contributed by atoms with van der Waals surface area (Å²) in [5, 5.41) is 2.70. The fourth-order valence-corrected chi connectivity index (χ4v) is 2.75. The molecule has 1 aliphatic rings. The summed E-state index contributed by atoms with van der Waals surface area (Å²) in [6.45, 7) is 2.01. The lowest BCUT2D eigenvalue weighted by atomic mass is 10.2. The number of carbonyl (C=O) groups is 1. The van der Waals surface area contributed by atoms with Gasteiger partial charge in [0, 0.05) is 13.1 Å². The Kier molecular flexibility index (Phi) is 4.24. The zero-order valence-corrected chi connectivity index (χ0v) is 12.6. The summed E-state index contributed by atoms with van der Waals surface area (Å²) in [5.74, 6) is -0.343. The first-order valence-electron chi connectivity index (χ1n) is 7.11. The number of halogens is 2. The molecule has 0 unspecified atom stereocenters. The van der Waals surface area contributed by atoms with E-state index in [2.05, 4.69) is 15.2 Å². The van der Waals surface area contributed by atoms with Crippen molar-refractivity contribution in [1.82, 2.24) is 4.98 Å². The van der Waals surface area contributed by atoms with Gasteiger partial charge in [-0.1, -0.05) is 17.7 Å². The van der Waals surface area contributed by atoms with Gasteiger partial charge in [0.2, 0.25) is 0 Å². The van der Waals surface area contributed by atoms with Gasteiger partial charge in [0.25, 0.3) is 5.91 Å². The van der Waals surface area contributed by atoms with Crippen LogP contribution in [-0.2, 0) is 0 Å². The van der Waals surface area contributed by atoms with Crippen LogP contribution in [0.2, 0.25) is 5.02 Å². The number of aromatic nitrogens is 1. The van der Waals surface area contributed by atoms with E-state index in [0.29, 0.717) is 5.69 Å². The lowest BCUT2D eigenvalue weighted by molar-refractivity contribution is 0.102. The van der Waals surface area contributed by atoms with Crippen molar-refractivity contribution in [3.05, 3.63) is 52.9 Å². The molecule has 6 heteroatoms. The molecule has 2 aromatic rings. The number of pyridine rings is 1. The maximum atomic E-state index is 13.7. The molecule has 0 radical (unpaired) electrons. The SMILES string of the molecule is O=C(Nc1ccc(N2CCCC2)nc1)c1c(F)cccc1Cl. The highest BCUT2D eigenvalue weighted by molar-refractivity contribution is 6.34. The summed E-state index contributed by atoms with van der Waals surface area (Å²) >= 11 is 5.88. The molecule has 0 atom stereocenters. The van der Waals surface area contributed by atoms with E-state index in [9.17, 15) is 9.18 Å². The summed E-state index contributed by atoms with van der Waals surface area (Å²) < 4.78 is 13.7. The molecular formula is C16H15ClFN3O. The highest BCUT2D eigenvalue weighted by Gasteiger charge is 2.17. The molecule has 22 heavy (non-hydrogen) atoms. The Labute approximate surface area is 132 Å². The van der Waals surface area contributed by atoms with Crippen LogP contribution in [0.1, 0.15) is 23.2 Å². The van der Waals surface area contributed by atoms with Crippen molar-refractivity contribution in [3.63, 3.8) is 0 Å².